The quantitative estimate of drug-likeness (QED) is 0.351. The Bertz CT molecular complexity index is 1330. The standard InChI is InChI=1S/C20H13ClF3N3O5S/c21-18-9-6-14(11-17(18)20(22,23)24)26-33(31,32)16-7-4-13(5-8-16)25-19(28)12-2-1-3-15(10-12)27(29)30/h1-11,26H,(H,25,28). The number of nitro groups is 1. The molecule has 33 heavy (non-hydrogen) atoms. The molecule has 0 atom stereocenters. The van der Waals surface area contributed by atoms with E-state index in [1.165, 1.54) is 30.3 Å². The van der Waals surface area contributed by atoms with Crippen molar-refractivity contribution in [2.75, 3.05) is 10.0 Å². The minimum absolute atomic E-state index is 0.0192. The van der Waals surface area contributed by atoms with E-state index in [1.54, 1.807) is 0 Å². The maximum absolute atomic E-state index is 13.0. The number of carbonyl (C=O) groups excluding carboxylic acids is 1. The molecule has 0 bridgehead atoms. The lowest BCUT2D eigenvalue weighted by Gasteiger charge is -2.13. The first-order valence-electron chi connectivity index (χ1n) is 8.92. The fourth-order valence-electron chi connectivity index (χ4n) is 2.70. The van der Waals surface area contributed by atoms with E-state index in [9.17, 15) is 36.5 Å². The Morgan fingerprint density at radius 3 is 2.21 bits per heavy atom. The van der Waals surface area contributed by atoms with Gasteiger partial charge in [-0.25, -0.2) is 8.42 Å². The number of nitrogens with one attached hydrogen (secondary N) is 2. The first kappa shape index (κ1) is 24.0. The first-order valence-corrected chi connectivity index (χ1v) is 10.8. The van der Waals surface area contributed by atoms with E-state index in [0.29, 0.717) is 6.07 Å². The summed E-state index contributed by atoms with van der Waals surface area (Å²) in [6, 6.07) is 12.4. The maximum atomic E-state index is 13.0. The van der Waals surface area contributed by atoms with Crippen LogP contribution in [0, 0.1) is 10.1 Å². The number of amides is 1. The summed E-state index contributed by atoms with van der Waals surface area (Å²) in [5.74, 6) is -0.659. The van der Waals surface area contributed by atoms with Crippen molar-refractivity contribution in [3.8, 4) is 0 Å². The average molecular weight is 500 g/mol. The topological polar surface area (TPSA) is 118 Å². The van der Waals surface area contributed by atoms with E-state index in [0.717, 1.165) is 30.3 Å². The lowest BCUT2D eigenvalue weighted by atomic mass is 10.2. The number of non-ortho nitro benzene ring substituents is 1. The molecule has 1 amide bonds. The molecule has 0 saturated heterocycles. The van der Waals surface area contributed by atoms with Crippen LogP contribution in [0.15, 0.2) is 71.6 Å². The molecule has 8 nitrogen and oxygen atoms in total. The van der Waals surface area contributed by atoms with Crippen molar-refractivity contribution in [1.82, 2.24) is 0 Å². The molecule has 3 aromatic carbocycles. The zero-order valence-electron chi connectivity index (χ0n) is 16.3. The van der Waals surface area contributed by atoms with E-state index in [2.05, 4.69) is 5.32 Å². The average Bonchev–Trinajstić information content (AvgIpc) is 2.74. The Morgan fingerprint density at radius 1 is 0.970 bits per heavy atom. The van der Waals surface area contributed by atoms with Gasteiger partial charge in [-0.1, -0.05) is 17.7 Å². The van der Waals surface area contributed by atoms with Crippen molar-refractivity contribution >= 4 is 44.6 Å². The highest BCUT2D eigenvalue weighted by Crippen LogP contribution is 2.36. The summed E-state index contributed by atoms with van der Waals surface area (Å²) in [5.41, 5.74) is -1.59. The monoisotopic (exact) mass is 499 g/mol. The summed E-state index contributed by atoms with van der Waals surface area (Å²) in [7, 11) is -4.25. The molecule has 0 unspecified atom stereocenters. The molecule has 0 aliphatic carbocycles. The van der Waals surface area contributed by atoms with Crippen LogP contribution in [0.25, 0.3) is 0 Å². The number of alkyl halides is 3. The number of hydrogen-bond acceptors (Lipinski definition) is 5. The van der Waals surface area contributed by atoms with Gasteiger partial charge < -0.3 is 5.32 Å². The van der Waals surface area contributed by atoms with Gasteiger partial charge in [-0.15, -0.1) is 0 Å². The number of nitro benzene ring substituents is 1. The van der Waals surface area contributed by atoms with E-state index in [-0.39, 0.29) is 27.5 Å². The SMILES string of the molecule is O=C(Nc1ccc(S(=O)(=O)Nc2ccc(Cl)c(C(F)(F)F)c2)cc1)c1cccc([N+](=O)[O-])c1. The molecule has 0 aliphatic rings. The predicted molar refractivity (Wildman–Crippen MR) is 115 cm³/mol. The van der Waals surface area contributed by atoms with E-state index >= 15 is 0 Å². The third kappa shape index (κ3) is 5.79. The largest absolute Gasteiger partial charge is 0.417 e. The number of halogens is 4. The molecule has 0 aromatic heterocycles. The summed E-state index contributed by atoms with van der Waals surface area (Å²) in [6.45, 7) is 0. The Kier molecular flexibility index (Phi) is 6.60. The van der Waals surface area contributed by atoms with Crippen LogP contribution >= 0.6 is 11.6 Å². The van der Waals surface area contributed by atoms with Crippen LogP contribution in [0.3, 0.4) is 0 Å². The molecule has 0 spiro atoms. The lowest BCUT2D eigenvalue weighted by Crippen LogP contribution is -2.15. The van der Waals surface area contributed by atoms with Gasteiger partial charge >= 0.3 is 6.18 Å². The van der Waals surface area contributed by atoms with Gasteiger partial charge in [0.05, 0.1) is 20.4 Å². The maximum Gasteiger partial charge on any atom is 0.417 e. The first-order chi connectivity index (χ1) is 15.4. The Labute approximate surface area is 190 Å². The molecule has 0 saturated carbocycles. The molecule has 13 heteroatoms. The van der Waals surface area contributed by atoms with E-state index < -0.39 is 37.6 Å². The van der Waals surface area contributed by atoms with Gasteiger partial charge in [0.25, 0.3) is 21.6 Å². The van der Waals surface area contributed by atoms with Crippen LogP contribution in [0.2, 0.25) is 5.02 Å². The fourth-order valence-corrected chi connectivity index (χ4v) is 3.98. The summed E-state index contributed by atoms with van der Waals surface area (Å²) in [6.07, 6.45) is -4.77. The van der Waals surface area contributed by atoms with Crippen molar-refractivity contribution in [2.24, 2.45) is 0 Å². The van der Waals surface area contributed by atoms with E-state index in [1.807, 2.05) is 4.72 Å². The number of benzene rings is 3. The van der Waals surface area contributed by atoms with Gasteiger partial charge in [0, 0.05) is 29.1 Å². The van der Waals surface area contributed by atoms with Gasteiger partial charge in [0.15, 0.2) is 0 Å². The second-order valence-corrected chi connectivity index (χ2v) is 8.67. The lowest BCUT2D eigenvalue weighted by molar-refractivity contribution is -0.384. The van der Waals surface area contributed by atoms with Crippen LogP contribution in [-0.2, 0) is 16.2 Å². The van der Waals surface area contributed by atoms with Crippen molar-refractivity contribution in [3.63, 3.8) is 0 Å². The summed E-state index contributed by atoms with van der Waals surface area (Å²) < 4.78 is 66.1. The highest BCUT2D eigenvalue weighted by Gasteiger charge is 2.33. The summed E-state index contributed by atoms with van der Waals surface area (Å²) in [4.78, 5) is 22.2. The Hall–Kier alpha value is -3.64. The van der Waals surface area contributed by atoms with Gasteiger partial charge in [0.2, 0.25) is 0 Å². The van der Waals surface area contributed by atoms with Crippen molar-refractivity contribution in [3.05, 3.63) is 93.0 Å². The minimum Gasteiger partial charge on any atom is -0.322 e. The zero-order valence-corrected chi connectivity index (χ0v) is 17.8. The van der Waals surface area contributed by atoms with Crippen LogP contribution in [0.1, 0.15) is 15.9 Å². The normalized spacial score (nSPS) is 11.6. The molecule has 2 N–H and O–H groups in total. The number of anilines is 2. The number of nitrogens with zero attached hydrogens (tertiary/aromatic N) is 1. The van der Waals surface area contributed by atoms with Crippen LogP contribution in [0.5, 0.6) is 0 Å². The smallest absolute Gasteiger partial charge is 0.322 e. The molecule has 0 aliphatic heterocycles. The van der Waals surface area contributed by atoms with Crippen LogP contribution < -0.4 is 10.0 Å². The molecule has 3 rings (SSSR count). The predicted octanol–water partition coefficient (Wildman–Crippen LogP) is 5.32. The number of hydrogen-bond donors (Lipinski definition) is 2. The van der Waals surface area contributed by atoms with Gasteiger partial charge in [-0.05, 0) is 48.5 Å². The summed E-state index contributed by atoms with van der Waals surface area (Å²) in [5, 5.41) is 12.7. The van der Waals surface area contributed by atoms with Crippen molar-refractivity contribution in [1.29, 1.82) is 0 Å². The number of sulfonamides is 1. The molecule has 3 aromatic rings. The third-order valence-electron chi connectivity index (χ3n) is 4.27. The van der Waals surface area contributed by atoms with Gasteiger partial charge in [-0.3, -0.25) is 19.6 Å². The van der Waals surface area contributed by atoms with Crippen LogP contribution in [0.4, 0.5) is 30.2 Å². The molecule has 0 heterocycles. The van der Waals surface area contributed by atoms with Crippen molar-refractivity contribution < 1.29 is 31.3 Å². The highest BCUT2D eigenvalue weighted by atomic mass is 35.5. The molecule has 0 fully saturated rings. The molecule has 0 radical (unpaired) electrons. The second-order valence-electron chi connectivity index (χ2n) is 6.58. The van der Waals surface area contributed by atoms with Gasteiger partial charge in [0.1, 0.15) is 0 Å². The highest BCUT2D eigenvalue weighted by molar-refractivity contribution is 7.92. The molecule has 172 valence electrons. The van der Waals surface area contributed by atoms with E-state index in [4.69, 9.17) is 11.6 Å². The Morgan fingerprint density at radius 2 is 1.61 bits per heavy atom. The van der Waals surface area contributed by atoms with Gasteiger partial charge in [-0.2, -0.15) is 13.2 Å². The van der Waals surface area contributed by atoms with Crippen LogP contribution in [-0.4, -0.2) is 19.2 Å². The number of carbonyl (C=O) groups is 1. The third-order valence-corrected chi connectivity index (χ3v) is 5.99. The molecular weight excluding hydrogens is 487 g/mol. The summed E-state index contributed by atoms with van der Waals surface area (Å²) >= 11 is 5.53. The number of rotatable bonds is 6. The second kappa shape index (κ2) is 9.08. The Balaban J connectivity index is 1.76. The minimum atomic E-state index is -4.77. The zero-order chi connectivity index (χ0) is 24.4. The molecular formula is C20H13ClF3N3O5S. The fraction of sp³-hybridized carbons (Fsp3) is 0.0500. The van der Waals surface area contributed by atoms with Crippen molar-refractivity contribution in [2.45, 2.75) is 11.1 Å².